The summed E-state index contributed by atoms with van der Waals surface area (Å²) in [5, 5.41) is 0. The summed E-state index contributed by atoms with van der Waals surface area (Å²) in [5.41, 5.74) is 1.09. The van der Waals surface area contributed by atoms with Crippen molar-refractivity contribution in [1.82, 2.24) is 0 Å². The van der Waals surface area contributed by atoms with Crippen molar-refractivity contribution in [2.75, 3.05) is 6.67 Å². The van der Waals surface area contributed by atoms with Crippen LogP contribution >= 0.6 is 0 Å². The molecule has 0 spiro atoms. The lowest BCUT2D eigenvalue weighted by molar-refractivity contribution is -0.234. The summed E-state index contributed by atoms with van der Waals surface area (Å²) in [6.07, 6.45) is 0.617. The zero-order valence-corrected chi connectivity index (χ0v) is 13.0. The first-order chi connectivity index (χ1) is 10.6. The molecule has 0 bridgehead atoms. The van der Waals surface area contributed by atoms with Crippen LogP contribution in [0.1, 0.15) is 32.3 Å². The summed E-state index contributed by atoms with van der Waals surface area (Å²) in [6, 6.07) is 9.95. The van der Waals surface area contributed by atoms with Crippen LogP contribution < -0.4 is 0 Å². The van der Waals surface area contributed by atoms with E-state index in [0.29, 0.717) is 6.61 Å². The van der Waals surface area contributed by atoms with Crippen molar-refractivity contribution >= 4 is 0 Å². The van der Waals surface area contributed by atoms with Crippen molar-refractivity contribution in [3.63, 3.8) is 0 Å². The molecule has 3 rings (SSSR count). The first-order valence-electron chi connectivity index (χ1n) is 7.88. The van der Waals surface area contributed by atoms with E-state index in [0.717, 1.165) is 18.4 Å². The Morgan fingerprint density at radius 3 is 2.68 bits per heavy atom. The monoisotopic (exact) mass is 310 g/mol. The van der Waals surface area contributed by atoms with Gasteiger partial charge < -0.3 is 18.9 Å². The van der Waals surface area contributed by atoms with Crippen LogP contribution in [0, 0.1) is 0 Å². The summed E-state index contributed by atoms with van der Waals surface area (Å²) in [5.74, 6) is -1.22. The zero-order valence-electron chi connectivity index (χ0n) is 13.0. The molecule has 22 heavy (non-hydrogen) atoms. The number of halogens is 1. The molecule has 1 aromatic carbocycles. The Morgan fingerprint density at radius 2 is 2.00 bits per heavy atom. The lowest BCUT2D eigenvalue weighted by Gasteiger charge is -2.26. The molecule has 0 N–H and O–H groups in total. The Hall–Kier alpha value is -1.01. The van der Waals surface area contributed by atoms with Crippen molar-refractivity contribution in [2.45, 2.75) is 63.7 Å². The fourth-order valence-electron chi connectivity index (χ4n) is 3.02. The standard InChI is InChI=1S/C17H23FO4/c1-3-7-13-14(19-10-12-8-5-4-6-9-12)15-16(20-13)22-17(2,11-18)21-15/h4-6,8-9,13-16H,3,7,10-11H2,1-2H3/t13-,14+,15-,16-,17?/m1/s1. The quantitative estimate of drug-likeness (QED) is 0.808. The number of alkyl halides is 1. The van der Waals surface area contributed by atoms with E-state index in [1.54, 1.807) is 6.92 Å². The molecule has 1 aromatic rings. The van der Waals surface area contributed by atoms with E-state index in [9.17, 15) is 4.39 Å². The van der Waals surface area contributed by atoms with Gasteiger partial charge in [-0.15, -0.1) is 0 Å². The van der Waals surface area contributed by atoms with Gasteiger partial charge in [0, 0.05) is 0 Å². The molecule has 0 amide bonds. The molecule has 5 heteroatoms. The van der Waals surface area contributed by atoms with Gasteiger partial charge in [-0.3, -0.25) is 0 Å². The second-order valence-electron chi connectivity index (χ2n) is 6.06. The Morgan fingerprint density at radius 1 is 1.23 bits per heavy atom. The maximum Gasteiger partial charge on any atom is 0.197 e. The van der Waals surface area contributed by atoms with Crippen LogP contribution in [0.4, 0.5) is 4.39 Å². The molecule has 1 unspecified atom stereocenters. The van der Waals surface area contributed by atoms with E-state index in [1.807, 2.05) is 30.3 Å². The van der Waals surface area contributed by atoms with E-state index >= 15 is 0 Å². The minimum absolute atomic E-state index is 0.0760. The minimum Gasteiger partial charge on any atom is -0.368 e. The topological polar surface area (TPSA) is 36.9 Å². The largest absolute Gasteiger partial charge is 0.368 e. The van der Waals surface area contributed by atoms with Crippen molar-refractivity contribution in [1.29, 1.82) is 0 Å². The lowest BCUT2D eigenvalue weighted by Crippen LogP contribution is -2.38. The second-order valence-corrected chi connectivity index (χ2v) is 6.06. The van der Waals surface area contributed by atoms with E-state index in [1.165, 1.54) is 0 Å². The fourth-order valence-corrected chi connectivity index (χ4v) is 3.02. The van der Waals surface area contributed by atoms with E-state index < -0.39 is 18.8 Å². The normalized spacial score (nSPS) is 37.4. The number of hydrogen-bond acceptors (Lipinski definition) is 4. The summed E-state index contributed by atoms with van der Waals surface area (Å²) < 4.78 is 36.3. The molecule has 4 nitrogen and oxygen atoms in total. The number of hydrogen-bond donors (Lipinski definition) is 0. The van der Waals surface area contributed by atoms with Crippen LogP contribution in [0.5, 0.6) is 0 Å². The zero-order chi connectivity index (χ0) is 15.6. The third-order valence-corrected chi connectivity index (χ3v) is 4.12. The fraction of sp³-hybridized carbons (Fsp3) is 0.647. The van der Waals surface area contributed by atoms with E-state index in [2.05, 4.69) is 6.92 Å². The Labute approximate surface area is 130 Å². The molecule has 122 valence electrons. The molecule has 2 fully saturated rings. The van der Waals surface area contributed by atoms with Gasteiger partial charge in [0.05, 0.1) is 12.7 Å². The molecule has 0 radical (unpaired) electrons. The van der Waals surface area contributed by atoms with Crippen LogP contribution in [0.3, 0.4) is 0 Å². The second kappa shape index (κ2) is 6.62. The Bertz CT molecular complexity index is 483. The molecule has 0 aromatic heterocycles. The van der Waals surface area contributed by atoms with Crippen molar-refractivity contribution in [2.24, 2.45) is 0 Å². The smallest absolute Gasteiger partial charge is 0.197 e. The average Bonchev–Trinajstić information content (AvgIpc) is 3.01. The highest BCUT2D eigenvalue weighted by atomic mass is 19.1. The van der Waals surface area contributed by atoms with Gasteiger partial charge >= 0.3 is 0 Å². The molecule has 0 saturated carbocycles. The van der Waals surface area contributed by atoms with Crippen LogP contribution in [0.15, 0.2) is 30.3 Å². The van der Waals surface area contributed by atoms with Gasteiger partial charge in [-0.2, -0.15) is 0 Å². The molecule has 2 aliphatic rings. The molecular formula is C17H23FO4. The third-order valence-electron chi connectivity index (χ3n) is 4.12. The predicted molar refractivity (Wildman–Crippen MR) is 78.9 cm³/mol. The van der Waals surface area contributed by atoms with Crippen LogP contribution in [0.25, 0.3) is 0 Å². The molecule has 2 heterocycles. The van der Waals surface area contributed by atoms with Gasteiger partial charge in [-0.25, -0.2) is 4.39 Å². The van der Waals surface area contributed by atoms with Gasteiger partial charge in [0.15, 0.2) is 12.1 Å². The highest BCUT2D eigenvalue weighted by molar-refractivity contribution is 5.13. The summed E-state index contributed by atoms with van der Waals surface area (Å²) in [6.45, 7) is 3.47. The van der Waals surface area contributed by atoms with Crippen molar-refractivity contribution in [3.05, 3.63) is 35.9 Å². The number of benzene rings is 1. The summed E-state index contributed by atoms with van der Waals surface area (Å²) in [4.78, 5) is 0. The first kappa shape index (κ1) is 15.9. The number of fused-ring (bicyclic) bond motifs is 1. The molecule has 2 aliphatic heterocycles. The van der Waals surface area contributed by atoms with E-state index in [-0.39, 0.29) is 18.3 Å². The first-order valence-corrected chi connectivity index (χ1v) is 7.88. The predicted octanol–water partition coefficient (Wildman–Crippen LogP) is 3.20. The molecule has 2 saturated heterocycles. The summed E-state index contributed by atoms with van der Waals surface area (Å²) >= 11 is 0. The third kappa shape index (κ3) is 3.18. The minimum atomic E-state index is -1.22. The highest BCUT2D eigenvalue weighted by Gasteiger charge is 2.56. The molecule has 0 aliphatic carbocycles. The van der Waals surface area contributed by atoms with Gasteiger partial charge in [0.25, 0.3) is 0 Å². The molecule has 5 atom stereocenters. The Balaban J connectivity index is 1.68. The average molecular weight is 310 g/mol. The number of ether oxygens (including phenoxy) is 4. The van der Waals surface area contributed by atoms with Crippen molar-refractivity contribution < 1.29 is 23.3 Å². The van der Waals surface area contributed by atoms with Crippen LogP contribution in [-0.4, -0.2) is 37.1 Å². The summed E-state index contributed by atoms with van der Waals surface area (Å²) in [7, 11) is 0. The number of rotatable bonds is 6. The van der Waals surface area contributed by atoms with E-state index in [4.69, 9.17) is 18.9 Å². The maximum atomic E-state index is 13.1. The van der Waals surface area contributed by atoms with Crippen LogP contribution in [0.2, 0.25) is 0 Å². The van der Waals surface area contributed by atoms with Gasteiger partial charge in [0.1, 0.15) is 18.9 Å². The van der Waals surface area contributed by atoms with Crippen LogP contribution in [-0.2, 0) is 25.6 Å². The lowest BCUT2D eigenvalue weighted by atomic mass is 10.1. The Kier molecular flexibility index (Phi) is 4.78. The SMILES string of the molecule is CCC[C@H]1O[C@@H]2OC(C)(CF)O[C@@H]2[C@H]1OCc1ccccc1. The van der Waals surface area contributed by atoms with Gasteiger partial charge in [-0.1, -0.05) is 43.7 Å². The molecular weight excluding hydrogens is 287 g/mol. The van der Waals surface area contributed by atoms with Gasteiger partial charge in [-0.05, 0) is 18.9 Å². The highest BCUT2D eigenvalue weighted by Crippen LogP contribution is 2.40. The van der Waals surface area contributed by atoms with Gasteiger partial charge in [0.2, 0.25) is 0 Å². The van der Waals surface area contributed by atoms with Crippen molar-refractivity contribution in [3.8, 4) is 0 Å². The maximum absolute atomic E-state index is 13.1.